The van der Waals surface area contributed by atoms with Gasteiger partial charge >= 0.3 is 0 Å². The molecule has 0 saturated carbocycles. The van der Waals surface area contributed by atoms with Gasteiger partial charge in [-0.2, -0.15) is 0 Å². The molecule has 0 aliphatic heterocycles. The highest BCUT2D eigenvalue weighted by Crippen LogP contribution is 2.10. The monoisotopic (exact) mass is 996 g/mol. The van der Waals surface area contributed by atoms with Crippen LogP contribution in [0.4, 0.5) is 0 Å². The number of hydrogen-bond donors (Lipinski definition) is 3. The highest BCUT2D eigenvalue weighted by Gasteiger charge is 2.14. The Balaban J connectivity index is -0.000000421. The first-order valence-corrected chi connectivity index (χ1v) is 27.3. The first-order chi connectivity index (χ1) is 32.7. The molecule has 0 saturated heterocycles. The van der Waals surface area contributed by atoms with E-state index in [1.165, 1.54) is 32.1 Å². The van der Waals surface area contributed by atoms with Gasteiger partial charge < -0.3 is 25.4 Å². The Labute approximate surface area is 428 Å². The summed E-state index contributed by atoms with van der Waals surface area (Å²) in [4.78, 5) is 90.7. The molecule has 70 heavy (non-hydrogen) atoms. The van der Waals surface area contributed by atoms with Gasteiger partial charge in [0.1, 0.15) is 28.9 Å². The van der Waals surface area contributed by atoms with Crippen LogP contribution in [0.2, 0.25) is 0 Å². The van der Waals surface area contributed by atoms with Crippen molar-refractivity contribution < 1.29 is 47.8 Å². The molecule has 13 heteroatoms. The molecule has 0 heterocycles. The molecular weight excluding hydrogens is 887 g/mol. The van der Waals surface area contributed by atoms with Crippen LogP contribution in [-0.2, 0) is 47.8 Å². The number of ketones is 5. The Kier molecular flexibility index (Phi) is 51.5. The Morgan fingerprint density at radius 2 is 0.543 bits per heavy atom. The van der Waals surface area contributed by atoms with Crippen LogP contribution in [0.15, 0.2) is 0 Å². The van der Waals surface area contributed by atoms with Gasteiger partial charge in [-0.1, -0.05) is 136 Å². The Hall–Kier alpha value is -3.32. The summed E-state index contributed by atoms with van der Waals surface area (Å²) in [5.74, 6) is 3.12. The van der Waals surface area contributed by atoms with E-state index in [9.17, 15) is 38.4 Å². The SMILES string of the molecule is CC(C)C(=O)CCC(=O)C(C)C.CC(C)CCCCCCNC(=O)CCC(=O)C(C)C.CC(C)CCCOCCCNC(=O)CCC(=O)C(C)C.CC(C)CCOCCCNC(=O)CCC(=O)C(C)C. The molecule has 3 N–H and O–H groups in total. The van der Waals surface area contributed by atoms with E-state index < -0.39 is 0 Å². The average Bonchev–Trinajstić information content (AvgIpc) is 3.28. The predicted octanol–water partition coefficient (Wildman–Crippen LogP) is 11.4. The lowest BCUT2D eigenvalue weighted by molar-refractivity contribution is -0.127. The maximum Gasteiger partial charge on any atom is 0.220 e. The summed E-state index contributed by atoms with van der Waals surface area (Å²) >= 11 is 0. The van der Waals surface area contributed by atoms with Crippen LogP contribution in [0, 0.1) is 47.3 Å². The second-order valence-corrected chi connectivity index (χ2v) is 21.4. The zero-order chi connectivity index (χ0) is 54.5. The number of rotatable bonds is 39. The summed E-state index contributed by atoms with van der Waals surface area (Å²) in [6.45, 7) is 36.8. The van der Waals surface area contributed by atoms with E-state index in [1.54, 1.807) is 0 Å². The number of unbranched alkanes of at least 4 members (excludes halogenated alkanes) is 3. The molecule has 0 unspecified atom stereocenters. The van der Waals surface area contributed by atoms with Gasteiger partial charge in [-0.15, -0.1) is 0 Å². The quantitative estimate of drug-likeness (QED) is 0.0499. The van der Waals surface area contributed by atoms with Gasteiger partial charge in [0.25, 0.3) is 0 Å². The first kappa shape index (κ1) is 73.2. The molecule has 13 nitrogen and oxygen atoms in total. The van der Waals surface area contributed by atoms with Gasteiger partial charge in [0.15, 0.2) is 0 Å². The second kappa shape index (κ2) is 49.3. The number of amides is 3. The van der Waals surface area contributed by atoms with E-state index in [0.29, 0.717) is 83.6 Å². The van der Waals surface area contributed by atoms with Gasteiger partial charge in [-0.25, -0.2) is 0 Å². The van der Waals surface area contributed by atoms with Gasteiger partial charge in [0, 0.05) is 127 Å². The predicted molar refractivity (Wildman–Crippen MR) is 288 cm³/mol. The maximum absolute atomic E-state index is 11.5. The summed E-state index contributed by atoms with van der Waals surface area (Å²) in [6, 6.07) is 0. The van der Waals surface area contributed by atoms with Crippen molar-refractivity contribution in [3.8, 4) is 0 Å². The molecular formula is C57H109N3O10. The maximum atomic E-state index is 11.5. The molecule has 0 radical (unpaired) electrons. The van der Waals surface area contributed by atoms with Gasteiger partial charge in [0.2, 0.25) is 17.7 Å². The van der Waals surface area contributed by atoms with E-state index in [4.69, 9.17) is 9.47 Å². The largest absolute Gasteiger partial charge is 0.381 e. The molecule has 0 aromatic heterocycles. The lowest BCUT2D eigenvalue weighted by Gasteiger charge is -2.08. The lowest BCUT2D eigenvalue weighted by Crippen LogP contribution is -2.26. The molecule has 0 aliphatic rings. The summed E-state index contributed by atoms with van der Waals surface area (Å²) < 4.78 is 10.9. The zero-order valence-electron chi connectivity index (χ0n) is 47.9. The van der Waals surface area contributed by atoms with Crippen LogP contribution >= 0.6 is 0 Å². The van der Waals surface area contributed by atoms with E-state index in [0.717, 1.165) is 63.7 Å². The smallest absolute Gasteiger partial charge is 0.220 e. The van der Waals surface area contributed by atoms with Crippen molar-refractivity contribution in [2.24, 2.45) is 47.3 Å². The number of Topliss-reactive ketones (excluding diaryl/α,β-unsaturated/α-hetero) is 5. The summed E-state index contributed by atoms with van der Waals surface area (Å²) in [5.41, 5.74) is 0. The van der Waals surface area contributed by atoms with Gasteiger partial charge in [-0.3, -0.25) is 38.4 Å². The number of carbonyl (C=O) groups excluding carboxylic acids is 8. The molecule has 0 aromatic carbocycles. The third-order valence-corrected chi connectivity index (χ3v) is 11.1. The zero-order valence-corrected chi connectivity index (χ0v) is 47.9. The topological polar surface area (TPSA) is 191 Å². The summed E-state index contributed by atoms with van der Waals surface area (Å²) in [6.07, 6.45) is 13.9. The fraction of sp³-hybridized carbons (Fsp3) is 0.860. The van der Waals surface area contributed by atoms with Crippen molar-refractivity contribution in [3.05, 3.63) is 0 Å². The average molecular weight is 997 g/mol. The number of nitrogens with one attached hydrogen (secondary N) is 3. The third kappa shape index (κ3) is 57.3. The minimum Gasteiger partial charge on any atom is -0.381 e. The van der Waals surface area contributed by atoms with E-state index in [-0.39, 0.29) is 76.2 Å². The molecule has 0 atom stereocenters. The number of hydrogen-bond acceptors (Lipinski definition) is 10. The molecule has 3 amide bonds. The first-order valence-electron chi connectivity index (χ1n) is 27.3. The normalized spacial score (nSPS) is 11.0. The van der Waals surface area contributed by atoms with Crippen LogP contribution in [0.25, 0.3) is 0 Å². The fourth-order valence-electron chi connectivity index (χ4n) is 5.84. The van der Waals surface area contributed by atoms with Crippen LogP contribution in [0.1, 0.15) is 226 Å². The molecule has 412 valence electrons. The lowest BCUT2D eigenvalue weighted by atomic mass is 9.99. The highest BCUT2D eigenvalue weighted by molar-refractivity contribution is 5.88. The van der Waals surface area contributed by atoms with E-state index in [1.807, 2.05) is 69.2 Å². The minimum absolute atomic E-state index is 0.0104. The van der Waals surface area contributed by atoms with Crippen molar-refractivity contribution in [3.63, 3.8) is 0 Å². The van der Waals surface area contributed by atoms with Gasteiger partial charge in [-0.05, 0) is 56.3 Å². The minimum atomic E-state index is -0.0452. The number of ether oxygens (including phenoxy) is 2. The standard InChI is InChI=1S/C16H31NO3.C16H31NO2.C15H29NO3.C10H18O2/c1-13(2)7-5-11-20-12-6-10-17-16(19)9-8-15(18)14(3)4;1-13(2)9-7-5-6-8-12-17-16(19)11-10-15(18)14(3)4;1-12(2)8-11-19-10-5-9-16-15(18)7-6-14(17)13(3)4;1-7(2)9(11)5-6-10(12)8(3)4/h13-14H,5-12H2,1-4H3,(H,17,19);13-14H,5-12H2,1-4H3,(H,17,19);12-13H,5-11H2,1-4H3,(H,16,18);7-8H,5-6H2,1-4H3. The Morgan fingerprint density at radius 1 is 0.286 bits per heavy atom. The molecule has 0 bridgehead atoms. The molecule has 0 aliphatic carbocycles. The van der Waals surface area contributed by atoms with Crippen LogP contribution in [0.5, 0.6) is 0 Å². The van der Waals surface area contributed by atoms with Crippen molar-refractivity contribution in [2.75, 3.05) is 46.1 Å². The van der Waals surface area contributed by atoms with Crippen molar-refractivity contribution in [1.82, 2.24) is 16.0 Å². The van der Waals surface area contributed by atoms with Crippen molar-refractivity contribution in [2.45, 2.75) is 226 Å². The Bertz CT molecular complexity index is 1300. The summed E-state index contributed by atoms with van der Waals surface area (Å²) in [7, 11) is 0. The Morgan fingerprint density at radius 3 is 0.857 bits per heavy atom. The highest BCUT2D eigenvalue weighted by atomic mass is 16.5. The van der Waals surface area contributed by atoms with Crippen molar-refractivity contribution >= 4 is 46.6 Å². The second-order valence-electron chi connectivity index (χ2n) is 21.4. The van der Waals surface area contributed by atoms with Crippen molar-refractivity contribution in [1.29, 1.82) is 0 Å². The summed E-state index contributed by atoms with van der Waals surface area (Å²) in [5, 5.41) is 8.51. The molecule has 0 fully saturated rings. The van der Waals surface area contributed by atoms with Crippen LogP contribution in [-0.4, -0.2) is 92.7 Å². The molecule has 0 aromatic rings. The third-order valence-electron chi connectivity index (χ3n) is 11.1. The van der Waals surface area contributed by atoms with Crippen LogP contribution < -0.4 is 16.0 Å². The molecule has 0 rings (SSSR count). The molecule has 0 spiro atoms. The van der Waals surface area contributed by atoms with E-state index in [2.05, 4.69) is 57.5 Å². The van der Waals surface area contributed by atoms with Gasteiger partial charge in [0.05, 0.1) is 0 Å². The van der Waals surface area contributed by atoms with E-state index >= 15 is 0 Å². The fourth-order valence-corrected chi connectivity index (χ4v) is 5.84. The number of carbonyl (C=O) groups is 8. The van der Waals surface area contributed by atoms with Crippen LogP contribution in [0.3, 0.4) is 0 Å².